The minimum Gasteiger partial charge on any atom is -0.380 e. The molecule has 1 rings (SSSR count). The molecule has 3 heteroatoms. The number of carbonyl (C=O) groups excluding carboxylic acids is 1. The molecular weight excluding hydrogens is 178 g/mol. The van der Waals surface area contributed by atoms with E-state index in [0.717, 1.165) is 17.5 Å². The predicted octanol–water partition coefficient (Wildman–Crippen LogP) is 2.36. The van der Waals surface area contributed by atoms with Crippen molar-refractivity contribution in [3.63, 3.8) is 0 Å². The number of hydrogen-bond acceptors (Lipinski definition) is 3. The van der Waals surface area contributed by atoms with E-state index in [0.29, 0.717) is 12.3 Å². The maximum atomic E-state index is 10.2. The Morgan fingerprint density at radius 2 is 2.29 bits per heavy atom. The van der Waals surface area contributed by atoms with Crippen LogP contribution < -0.4 is 0 Å². The summed E-state index contributed by atoms with van der Waals surface area (Å²) in [6.45, 7) is 2.54. The van der Waals surface area contributed by atoms with Crippen molar-refractivity contribution in [1.29, 1.82) is 0 Å². The van der Waals surface area contributed by atoms with Gasteiger partial charge in [-0.25, -0.2) is 4.79 Å². The second kappa shape index (κ2) is 5.32. The van der Waals surface area contributed by atoms with E-state index in [1.54, 1.807) is 19.3 Å². The molecule has 0 radical (unpaired) electrons. The first-order valence-corrected chi connectivity index (χ1v) is 4.51. The number of aryl methyl sites for hydroxylation is 1. The van der Waals surface area contributed by atoms with Crippen molar-refractivity contribution in [3.05, 3.63) is 29.3 Å². The summed E-state index contributed by atoms with van der Waals surface area (Å²) in [7, 11) is 1.63. The van der Waals surface area contributed by atoms with Crippen LogP contribution in [0.5, 0.6) is 0 Å². The van der Waals surface area contributed by atoms with Gasteiger partial charge >= 0.3 is 0 Å². The van der Waals surface area contributed by atoms with Gasteiger partial charge < -0.3 is 4.74 Å². The van der Waals surface area contributed by atoms with E-state index in [1.807, 2.05) is 12.1 Å². The first-order valence-electron chi connectivity index (χ1n) is 4.51. The first kappa shape index (κ1) is 10.6. The molecule has 1 aromatic rings. The van der Waals surface area contributed by atoms with Crippen LogP contribution in [0.3, 0.4) is 0 Å². The summed E-state index contributed by atoms with van der Waals surface area (Å²) in [5.41, 5.74) is 2.78. The molecular formula is C11H13NO2. The Labute approximate surface area is 83.4 Å². The Kier molecular flexibility index (Phi) is 4.05. The molecule has 0 atom stereocenters. The Bertz CT molecular complexity index is 354. The Hall–Kier alpha value is -1.44. The largest absolute Gasteiger partial charge is 0.380 e. The number of methoxy groups -OCH3 is 1. The molecule has 0 N–H and O–H groups in total. The standard InChI is InChI=1S/C11H13NO2/c1-3-9-5-4-6-11(12-8-13)10(9)7-14-2/h4-6H,3,7H2,1-2H3. The predicted molar refractivity (Wildman–Crippen MR) is 54.3 cm³/mol. The molecule has 0 aliphatic rings. The second-order valence-corrected chi connectivity index (χ2v) is 2.90. The molecule has 14 heavy (non-hydrogen) atoms. The molecule has 0 saturated heterocycles. The molecule has 0 aliphatic heterocycles. The van der Waals surface area contributed by atoms with Gasteiger partial charge in [-0.3, -0.25) is 0 Å². The van der Waals surface area contributed by atoms with Crippen LogP contribution >= 0.6 is 0 Å². The highest BCUT2D eigenvalue weighted by Crippen LogP contribution is 2.23. The van der Waals surface area contributed by atoms with Gasteiger partial charge in [-0.1, -0.05) is 19.1 Å². The molecule has 0 aliphatic carbocycles. The lowest BCUT2D eigenvalue weighted by molar-refractivity contribution is 0.184. The van der Waals surface area contributed by atoms with Gasteiger partial charge in [0.2, 0.25) is 6.08 Å². The van der Waals surface area contributed by atoms with E-state index in [9.17, 15) is 4.79 Å². The average molecular weight is 191 g/mol. The van der Waals surface area contributed by atoms with Crippen LogP contribution in [-0.2, 0) is 22.6 Å². The monoisotopic (exact) mass is 191 g/mol. The molecule has 0 spiro atoms. The zero-order valence-corrected chi connectivity index (χ0v) is 8.41. The molecule has 0 aromatic heterocycles. The van der Waals surface area contributed by atoms with Crippen molar-refractivity contribution < 1.29 is 9.53 Å². The van der Waals surface area contributed by atoms with Crippen LogP contribution in [-0.4, -0.2) is 13.2 Å². The second-order valence-electron chi connectivity index (χ2n) is 2.90. The van der Waals surface area contributed by atoms with E-state index in [-0.39, 0.29) is 0 Å². The first-order chi connectivity index (χ1) is 6.83. The third-order valence-corrected chi connectivity index (χ3v) is 2.08. The molecule has 1 aromatic carbocycles. The van der Waals surface area contributed by atoms with Gasteiger partial charge in [0.1, 0.15) is 0 Å². The van der Waals surface area contributed by atoms with E-state index >= 15 is 0 Å². The fourth-order valence-electron chi connectivity index (χ4n) is 1.42. The van der Waals surface area contributed by atoms with E-state index in [1.165, 1.54) is 0 Å². The highest BCUT2D eigenvalue weighted by molar-refractivity contribution is 5.56. The van der Waals surface area contributed by atoms with Gasteiger partial charge in [-0.15, -0.1) is 0 Å². The van der Waals surface area contributed by atoms with Crippen molar-refractivity contribution in [2.24, 2.45) is 4.99 Å². The molecule has 0 amide bonds. The summed E-state index contributed by atoms with van der Waals surface area (Å²) in [4.78, 5) is 13.8. The van der Waals surface area contributed by atoms with Gasteiger partial charge in [-0.05, 0) is 18.1 Å². The molecule has 0 saturated carbocycles. The van der Waals surface area contributed by atoms with Gasteiger partial charge in [0.15, 0.2) is 0 Å². The lowest BCUT2D eigenvalue weighted by atomic mass is 10.0. The van der Waals surface area contributed by atoms with Crippen LogP contribution in [0.15, 0.2) is 23.2 Å². The number of hydrogen-bond donors (Lipinski definition) is 0. The zero-order chi connectivity index (χ0) is 10.4. The Morgan fingerprint density at radius 1 is 1.50 bits per heavy atom. The SMILES string of the molecule is CCc1cccc(N=C=O)c1COC. The van der Waals surface area contributed by atoms with Crippen molar-refractivity contribution >= 4 is 11.8 Å². The molecule has 0 heterocycles. The van der Waals surface area contributed by atoms with E-state index in [4.69, 9.17) is 4.74 Å². The van der Waals surface area contributed by atoms with Crippen molar-refractivity contribution in [3.8, 4) is 0 Å². The summed E-state index contributed by atoms with van der Waals surface area (Å²) in [5.74, 6) is 0. The van der Waals surface area contributed by atoms with Gasteiger partial charge in [0, 0.05) is 12.7 Å². The maximum Gasteiger partial charge on any atom is 0.240 e. The lowest BCUT2D eigenvalue weighted by Crippen LogP contribution is -1.95. The normalized spacial score (nSPS) is 9.57. The summed E-state index contributed by atoms with van der Waals surface area (Å²) in [6.07, 6.45) is 2.46. The average Bonchev–Trinajstić information content (AvgIpc) is 2.21. The van der Waals surface area contributed by atoms with Crippen LogP contribution in [0.4, 0.5) is 5.69 Å². The summed E-state index contributed by atoms with van der Waals surface area (Å²) in [5, 5.41) is 0. The fourth-order valence-corrected chi connectivity index (χ4v) is 1.42. The van der Waals surface area contributed by atoms with E-state index < -0.39 is 0 Å². The minimum absolute atomic E-state index is 0.477. The highest BCUT2D eigenvalue weighted by Gasteiger charge is 2.05. The zero-order valence-electron chi connectivity index (χ0n) is 8.41. The smallest absolute Gasteiger partial charge is 0.240 e. The molecule has 0 fully saturated rings. The van der Waals surface area contributed by atoms with Gasteiger partial charge in [0.05, 0.1) is 12.3 Å². The fraction of sp³-hybridized carbons (Fsp3) is 0.364. The number of aliphatic imine (C=N–C) groups is 1. The highest BCUT2D eigenvalue weighted by atomic mass is 16.5. The summed E-state index contributed by atoms with van der Waals surface area (Å²) in [6, 6.07) is 5.69. The van der Waals surface area contributed by atoms with Gasteiger partial charge in [0.25, 0.3) is 0 Å². The van der Waals surface area contributed by atoms with Crippen molar-refractivity contribution in [2.75, 3.05) is 7.11 Å². The Balaban J connectivity index is 3.19. The number of ether oxygens (including phenoxy) is 1. The molecule has 3 nitrogen and oxygen atoms in total. The van der Waals surface area contributed by atoms with Crippen LogP contribution in [0.2, 0.25) is 0 Å². The maximum absolute atomic E-state index is 10.2. The lowest BCUT2D eigenvalue weighted by Gasteiger charge is -2.08. The Morgan fingerprint density at radius 3 is 2.86 bits per heavy atom. The number of benzene rings is 1. The van der Waals surface area contributed by atoms with Crippen LogP contribution in [0.1, 0.15) is 18.1 Å². The third kappa shape index (κ3) is 2.28. The summed E-state index contributed by atoms with van der Waals surface area (Å²) < 4.78 is 5.07. The van der Waals surface area contributed by atoms with Gasteiger partial charge in [-0.2, -0.15) is 4.99 Å². The summed E-state index contributed by atoms with van der Waals surface area (Å²) >= 11 is 0. The molecule has 74 valence electrons. The molecule has 0 unspecified atom stereocenters. The van der Waals surface area contributed by atoms with Crippen molar-refractivity contribution in [1.82, 2.24) is 0 Å². The number of isocyanates is 1. The number of rotatable bonds is 4. The number of nitrogens with zero attached hydrogens (tertiary/aromatic N) is 1. The van der Waals surface area contributed by atoms with Crippen LogP contribution in [0, 0.1) is 0 Å². The topological polar surface area (TPSA) is 38.7 Å². The van der Waals surface area contributed by atoms with Crippen molar-refractivity contribution in [2.45, 2.75) is 20.0 Å². The van der Waals surface area contributed by atoms with Crippen LogP contribution in [0.25, 0.3) is 0 Å². The van der Waals surface area contributed by atoms with E-state index in [2.05, 4.69) is 11.9 Å². The minimum atomic E-state index is 0.477. The molecule has 0 bridgehead atoms. The quantitative estimate of drug-likeness (QED) is 0.541. The third-order valence-electron chi connectivity index (χ3n) is 2.08.